The van der Waals surface area contributed by atoms with E-state index in [9.17, 15) is 0 Å². The molecular weight excluding hydrogens is 174 g/mol. The van der Waals surface area contributed by atoms with Crippen LogP contribution in [-0.2, 0) is 0 Å². The van der Waals surface area contributed by atoms with Gasteiger partial charge in [-0.3, -0.25) is 0 Å². The Kier molecular flexibility index (Phi) is 5.30. The molecule has 1 rings (SSSR count). The third-order valence-corrected chi connectivity index (χ3v) is 1.27. The van der Waals surface area contributed by atoms with Gasteiger partial charge < -0.3 is 10.8 Å². The molecule has 0 aromatic heterocycles. The Morgan fingerprint density at radius 3 is 2.25 bits per heavy atom. The molecule has 0 aliphatic carbocycles. The van der Waals surface area contributed by atoms with E-state index >= 15 is 0 Å². The molecule has 12 heavy (non-hydrogen) atoms. The molecule has 0 saturated carbocycles. The maximum Gasteiger partial charge on any atom is 0.134 e. The molecule has 3 N–H and O–H groups in total. The largest absolute Gasteiger partial charge is 0.506 e. The number of phenols is 1. The van der Waals surface area contributed by atoms with Gasteiger partial charge in [-0.2, -0.15) is 0 Å². The predicted octanol–water partition coefficient (Wildman–Crippen LogP) is 3.04. The van der Waals surface area contributed by atoms with Crippen molar-refractivity contribution in [2.45, 2.75) is 20.3 Å². The number of benzene rings is 1. The molecule has 0 bridgehead atoms. The Hall–Kier alpha value is -0.890. The van der Waals surface area contributed by atoms with Crippen LogP contribution >= 0.6 is 11.6 Å². The van der Waals surface area contributed by atoms with Crippen molar-refractivity contribution in [3.8, 4) is 5.75 Å². The summed E-state index contributed by atoms with van der Waals surface area (Å²) in [7, 11) is 0. The van der Waals surface area contributed by atoms with Crippen molar-refractivity contribution in [3.63, 3.8) is 0 Å². The predicted molar refractivity (Wildman–Crippen MR) is 53.5 cm³/mol. The minimum absolute atomic E-state index is 0.0610. The number of halogens is 1. The molecule has 0 radical (unpaired) electrons. The SMILES string of the molecule is CCC.Nc1ccc(O)c(Cl)c1. The van der Waals surface area contributed by atoms with Gasteiger partial charge in [-0.1, -0.05) is 31.9 Å². The number of nitrogen functional groups attached to an aromatic ring is 1. The zero-order valence-electron chi connectivity index (χ0n) is 7.34. The van der Waals surface area contributed by atoms with Crippen LogP contribution in [0.3, 0.4) is 0 Å². The molecule has 0 unspecified atom stereocenters. The van der Waals surface area contributed by atoms with E-state index in [1.54, 1.807) is 6.07 Å². The second-order valence-electron chi connectivity index (χ2n) is 2.42. The minimum Gasteiger partial charge on any atom is -0.506 e. The molecule has 0 saturated heterocycles. The van der Waals surface area contributed by atoms with Gasteiger partial charge in [-0.15, -0.1) is 0 Å². The van der Waals surface area contributed by atoms with Crippen LogP contribution in [0.25, 0.3) is 0 Å². The molecule has 0 heterocycles. The summed E-state index contributed by atoms with van der Waals surface area (Å²) in [6.07, 6.45) is 1.25. The third kappa shape index (κ3) is 4.09. The molecule has 2 nitrogen and oxygen atoms in total. The lowest BCUT2D eigenvalue weighted by molar-refractivity contribution is 0.475. The third-order valence-electron chi connectivity index (χ3n) is 0.972. The fraction of sp³-hybridized carbons (Fsp3) is 0.333. The van der Waals surface area contributed by atoms with Crippen LogP contribution < -0.4 is 5.73 Å². The van der Waals surface area contributed by atoms with Crippen LogP contribution in [0.1, 0.15) is 20.3 Å². The van der Waals surface area contributed by atoms with Gasteiger partial charge in [-0.05, 0) is 18.2 Å². The summed E-state index contributed by atoms with van der Waals surface area (Å²) in [4.78, 5) is 0. The standard InChI is InChI=1S/C6H6ClNO.C3H8/c7-5-3-4(8)1-2-6(5)9;1-3-2/h1-3,9H,8H2;3H2,1-2H3. The Morgan fingerprint density at radius 1 is 1.42 bits per heavy atom. The van der Waals surface area contributed by atoms with Gasteiger partial charge in [0.15, 0.2) is 0 Å². The smallest absolute Gasteiger partial charge is 0.134 e. The minimum atomic E-state index is 0.0610. The molecule has 1 aromatic rings. The van der Waals surface area contributed by atoms with Gasteiger partial charge in [0.05, 0.1) is 5.02 Å². The van der Waals surface area contributed by atoms with Crippen LogP contribution in [0.2, 0.25) is 5.02 Å². The highest BCUT2D eigenvalue weighted by Crippen LogP contribution is 2.24. The molecule has 0 atom stereocenters. The molecule has 0 spiro atoms. The van der Waals surface area contributed by atoms with E-state index in [1.165, 1.54) is 18.6 Å². The average molecular weight is 188 g/mol. The number of hydrogen-bond acceptors (Lipinski definition) is 2. The first-order valence-corrected chi connectivity index (χ1v) is 4.23. The number of phenolic OH excluding ortho intramolecular Hbond substituents is 1. The highest BCUT2D eigenvalue weighted by Gasteiger charge is 1.94. The average Bonchev–Trinajstić information content (AvgIpc) is 1.99. The van der Waals surface area contributed by atoms with Gasteiger partial charge >= 0.3 is 0 Å². The number of hydrogen-bond donors (Lipinski definition) is 2. The Balaban J connectivity index is 0.000000354. The lowest BCUT2D eigenvalue weighted by Crippen LogP contribution is -1.81. The van der Waals surface area contributed by atoms with Crippen LogP contribution in [0.15, 0.2) is 18.2 Å². The first kappa shape index (κ1) is 11.1. The maximum absolute atomic E-state index is 8.86. The van der Waals surface area contributed by atoms with Crippen molar-refractivity contribution < 1.29 is 5.11 Å². The Bertz CT molecular complexity index is 238. The summed E-state index contributed by atoms with van der Waals surface area (Å²) in [5.41, 5.74) is 5.89. The fourth-order valence-electron chi connectivity index (χ4n) is 0.523. The summed E-state index contributed by atoms with van der Waals surface area (Å²) in [5, 5.41) is 9.14. The van der Waals surface area contributed by atoms with E-state index in [2.05, 4.69) is 13.8 Å². The van der Waals surface area contributed by atoms with Crippen LogP contribution in [0.4, 0.5) is 5.69 Å². The highest BCUT2D eigenvalue weighted by atomic mass is 35.5. The summed E-state index contributed by atoms with van der Waals surface area (Å²) in [6.45, 7) is 4.25. The molecule has 68 valence electrons. The summed E-state index contributed by atoms with van der Waals surface area (Å²) < 4.78 is 0. The van der Waals surface area contributed by atoms with E-state index < -0.39 is 0 Å². The van der Waals surface area contributed by atoms with Gasteiger partial charge in [-0.25, -0.2) is 0 Å². The molecule has 0 aliphatic rings. The fourth-order valence-corrected chi connectivity index (χ4v) is 0.712. The summed E-state index contributed by atoms with van der Waals surface area (Å²) in [6, 6.07) is 4.54. The lowest BCUT2D eigenvalue weighted by atomic mass is 10.3. The number of aromatic hydroxyl groups is 1. The molecule has 0 amide bonds. The van der Waals surface area contributed by atoms with Gasteiger partial charge in [0.1, 0.15) is 5.75 Å². The van der Waals surface area contributed by atoms with Crippen LogP contribution in [0, 0.1) is 0 Å². The van der Waals surface area contributed by atoms with Crippen molar-refractivity contribution in [1.82, 2.24) is 0 Å². The van der Waals surface area contributed by atoms with Crippen LogP contribution in [-0.4, -0.2) is 5.11 Å². The Morgan fingerprint density at radius 2 is 1.92 bits per heavy atom. The quantitative estimate of drug-likeness (QED) is 0.485. The van der Waals surface area contributed by atoms with Crippen molar-refractivity contribution in [1.29, 1.82) is 0 Å². The lowest BCUT2D eigenvalue weighted by Gasteiger charge is -1.95. The van der Waals surface area contributed by atoms with E-state index in [4.69, 9.17) is 22.4 Å². The zero-order chi connectivity index (χ0) is 9.56. The molecule has 0 aliphatic heterocycles. The van der Waals surface area contributed by atoms with Gasteiger partial charge in [0.25, 0.3) is 0 Å². The second kappa shape index (κ2) is 5.72. The summed E-state index contributed by atoms with van der Waals surface area (Å²) >= 11 is 5.48. The number of anilines is 1. The van der Waals surface area contributed by atoms with E-state index in [-0.39, 0.29) is 10.8 Å². The zero-order valence-corrected chi connectivity index (χ0v) is 8.10. The first-order valence-electron chi connectivity index (χ1n) is 3.85. The first-order chi connectivity index (χ1) is 5.61. The van der Waals surface area contributed by atoms with E-state index in [1.807, 2.05) is 0 Å². The maximum atomic E-state index is 8.86. The Labute approximate surface area is 78.0 Å². The van der Waals surface area contributed by atoms with Crippen LogP contribution in [0.5, 0.6) is 5.75 Å². The molecular formula is C9H14ClNO. The van der Waals surface area contributed by atoms with E-state index in [0.29, 0.717) is 5.69 Å². The van der Waals surface area contributed by atoms with Gasteiger partial charge in [0.2, 0.25) is 0 Å². The summed E-state index contributed by atoms with van der Waals surface area (Å²) in [5.74, 6) is 0.0610. The highest BCUT2D eigenvalue weighted by molar-refractivity contribution is 6.32. The topological polar surface area (TPSA) is 46.2 Å². The second-order valence-corrected chi connectivity index (χ2v) is 2.83. The normalized spacial score (nSPS) is 8.58. The molecule has 3 heteroatoms. The van der Waals surface area contributed by atoms with E-state index in [0.717, 1.165) is 0 Å². The number of rotatable bonds is 0. The van der Waals surface area contributed by atoms with Crippen molar-refractivity contribution >= 4 is 17.3 Å². The van der Waals surface area contributed by atoms with Crippen molar-refractivity contribution in [2.24, 2.45) is 0 Å². The van der Waals surface area contributed by atoms with Crippen molar-refractivity contribution in [2.75, 3.05) is 5.73 Å². The number of nitrogens with two attached hydrogens (primary N) is 1. The molecule has 1 aromatic carbocycles. The molecule has 0 fully saturated rings. The monoisotopic (exact) mass is 187 g/mol. The van der Waals surface area contributed by atoms with Gasteiger partial charge in [0, 0.05) is 5.69 Å². The van der Waals surface area contributed by atoms with Crippen molar-refractivity contribution in [3.05, 3.63) is 23.2 Å².